The topological polar surface area (TPSA) is 88.6 Å². The van der Waals surface area contributed by atoms with Gasteiger partial charge in [0.25, 0.3) is 11.8 Å². The molecule has 0 saturated carbocycles. The number of amides is 2. The lowest BCUT2D eigenvalue weighted by Gasteiger charge is -2.32. The van der Waals surface area contributed by atoms with Crippen molar-refractivity contribution in [1.29, 1.82) is 0 Å². The normalized spacial score (nSPS) is 14.5. The molecule has 0 bridgehead atoms. The molecule has 1 fully saturated rings. The summed E-state index contributed by atoms with van der Waals surface area (Å²) in [5.74, 6) is -0.353. The lowest BCUT2D eigenvalue weighted by Crippen LogP contribution is -2.46. The zero-order valence-electron chi connectivity index (χ0n) is 15.1. The van der Waals surface area contributed by atoms with Gasteiger partial charge in [0.15, 0.2) is 0 Å². The van der Waals surface area contributed by atoms with E-state index < -0.39 is 5.97 Å². The monoisotopic (exact) mass is 367 g/mol. The van der Waals surface area contributed by atoms with Crippen molar-refractivity contribution in [1.82, 2.24) is 15.2 Å². The second kappa shape index (κ2) is 8.44. The minimum absolute atomic E-state index is 0.00664. The van der Waals surface area contributed by atoms with E-state index in [1.54, 1.807) is 47.6 Å². The number of carbonyl (C=O) groups excluding carboxylic acids is 3. The van der Waals surface area contributed by atoms with Crippen LogP contribution in [0.5, 0.6) is 5.75 Å². The molecule has 1 aromatic heterocycles. The Hall–Kier alpha value is -3.22. The van der Waals surface area contributed by atoms with Crippen LogP contribution in [0.15, 0.2) is 48.8 Å². The highest BCUT2D eigenvalue weighted by atomic mass is 16.5. The van der Waals surface area contributed by atoms with Crippen LogP contribution < -0.4 is 10.1 Å². The van der Waals surface area contributed by atoms with E-state index in [1.165, 1.54) is 13.0 Å². The highest BCUT2D eigenvalue weighted by molar-refractivity contribution is 5.95. The van der Waals surface area contributed by atoms with E-state index in [2.05, 4.69) is 10.3 Å². The van der Waals surface area contributed by atoms with Gasteiger partial charge in [0.2, 0.25) is 0 Å². The molecule has 1 N–H and O–H groups in total. The number of esters is 1. The third kappa shape index (κ3) is 4.91. The summed E-state index contributed by atoms with van der Waals surface area (Å²) in [5, 5.41) is 2.99. The van der Waals surface area contributed by atoms with Gasteiger partial charge in [-0.1, -0.05) is 6.07 Å². The van der Waals surface area contributed by atoms with Crippen molar-refractivity contribution in [2.45, 2.75) is 25.8 Å². The highest BCUT2D eigenvalue weighted by Gasteiger charge is 2.25. The Kier molecular flexibility index (Phi) is 5.80. The van der Waals surface area contributed by atoms with E-state index in [4.69, 9.17) is 4.74 Å². The molecule has 7 nitrogen and oxygen atoms in total. The first-order chi connectivity index (χ1) is 13.0. The molecule has 0 atom stereocenters. The molecule has 2 amide bonds. The van der Waals surface area contributed by atoms with Crippen molar-refractivity contribution >= 4 is 17.8 Å². The van der Waals surface area contributed by atoms with Crippen LogP contribution in [-0.4, -0.2) is 46.8 Å². The molecule has 1 aromatic carbocycles. The third-order valence-electron chi connectivity index (χ3n) is 4.38. The summed E-state index contributed by atoms with van der Waals surface area (Å²) < 4.78 is 5.01. The number of carbonyl (C=O) groups is 3. The third-order valence-corrected chi connectivity index (χ3v) is 4.38. The summed E-state index contributed by atoms with van der Waals surface area (Å²) >= 11 is 0. The predicted molar refractivity (Wildman–Crippen MR) is 98.4 cm³/mol. The predicted octanol–water partition coefficient (Wildman–Crippen LogP) is 2.04. The summed E-state index contributed by atoms with van der Waals surface area (Å²) in [4.78, 5) is 41.7. The largest absolute Gasteiger partial charge is 0.427 e. The van der Waals surface area contributed by atoms with Gasteiger partial charge in [-0.25, -0.2) is 0 Å². The first-order valence-corrected chi connectivity index (χ1v) is 8.81. The summed E-state index contributed by atoms with van der Waals surface area (Å²) in [6.45, 7) is 2.46. The Labute approximate surface area is 157 Å². The van der Waals surface area contributed by atoms with Crippen LogP contribution >= 0.6 is 0 Å². The zero-order chi connectivity index (χ0) is 19.2. The SMILES string of the molecule is CC(=O)Oc1cccc(C(=O)NC2CCN(C(=O)c3cccnc3)CC2)c1. The van der Waals surface area contributed by atoms with E-state index >= 15 is 0 Å². The van der Waals surface area contributed by atoms with Crippen molar-refractivity contribution < 1.29 is 19.1 Å². The number of hydrogen-bond acceptors (Lipinski definition) is 5. The van der Waals surface area contributed by atoms with Gasteiger partial charge in [0.1, 0.15) is 5.75 Å². The fraction of sp³-hybridized carbons (Fsp3) is 0.300. The number of nitrogens with zero attached hydrogens (tertiary/aromatic N) is 2. The van der Waals surface area contributed by atoms with Crippen LogP contribution in [0.2, 0.25) is 0 Å². The molecule has 1 aliphatic heterocycles. The van der Waals surface area contributed by atoms with E-state index in [1.807, 2.05) is 0 Å². The van der Waals surface area contributed by atoms with Gasteiger partial charge in [0.05, 0.1) is 5.56 Å². The summed E-state index contributed by atoms with van der Waals surface area (Å²) in [7, 11) is 0. The number of ether oxygens (including phenoxy) is 1. The Morgan fingerprint density at radius 1 is 1.11 bits per heavy atom. The smallest absolute Gasteiger partial charge is 0.308 e. The minimum Gasteiger partial charge on any atom is -0.427 e. The number of benzene rings is 1. The van der Waals surface area contributed by atoms with Crippen molar-refractivity contribution in [2.24, 2.45) is 0 Å². The number of nitrogens with one attached hydrogen (secondary N) is 1. The van der Waals surface area contributed by atoms with Crippen molar-refractivity contribution in [3.63, 3.8) is 0 Å². The van der Waals surface area contributed by atoms with Gasteiger partial charge in [-0.2, -0.15) is 0 Å². The van der Waals surface area contributed by atoms with E-state index in [-0.39, 0.29) is 17.9 Å². The number of aromatic nitrogens is 1. The van der Waals surface area contributed by atoms with Crippen LogP contribution in [0.25, 0.3) is 0 Å². The molecular weight excluding hydrogens is 346 g/mol. The Bertz CT molecular complexity index is 830. The van der Waals surface area contributed by atoms with E-state index in [9.17, 15) is 14.4 Å². The molecular formula is C20H21N3O4. The van der Waals surface area contributed by atoms with Crippen LogP contribution in [0.3, 0.4) is 0 Å². The Morgan fingerprint density at radius 3 is 2.52 bits per heavy atom. The zero-order valence-corrected chi connectivity index (χ0v) is 15.1. The van der Waals surface area contributed by atoms with E-state index in [0.717, 1.165) is 0 Å². The lowest BCUT2D eigenvalue weighted by atomic mass is 10.0. The van der Waals surface area contributed by atoms with Crippen molar-refractivity contribution in [3.8, 4) is 5.75 Å². The standard InChI is InChI=1S/C20H21N3O4/c1-14(24)27-18-6-2-4-15(12-18)19(25)22-17-7-10-23(11-8-17)20(26)16-5-3-9-21-13-16/h2-6,9,12-13,17H,7-8,10-11H2,1H3,(H,22,25). The summed E-state index contributed by atoms with van der Waals surface area (Å²) in [6.07, 6.45) is 4.56. The molecule has 3 rings (SSSR count). The minimum atomic E-state index is -0.432. The van der Waals surface area contributed by atoms with Gasteiger partial charge >= 0.3 is 5.97 Å². The number of pyridine rings is 1. The number of rotatable bonds is 4. The average molecular weight is 367 g/mol. The van der Waals surface area contributed by atoms with Gasteiger partial charge in [-0.15, -0.1) is 0 Å². The maximum atomic E-state index is 12.4. The molecule has 0 unspecified atom stereocenters. The van der Waals surface area contributed by atoms with Crippen LogP contribution in [0.4, 0.5) is 0 Å². The fourth-order valence-electron chi connectivity index (χ4n) is 3.03. The number of piperidine rings is 1. The molecule has 2 heterocycles. The van der Waals surface area contributed by atoms with Crippen molar-refractivity contribution in [2.75, 3.05) is 13.1 Å². The molecule has 140 valence electrons. The highest BCUT2D eigenvalue weighted by Crippen LogP contribution is 2.16. The van der Waals surface area contributed by atoms with Crippen LogP contribution in [0.1, 0.15) is 40.5 Å². The van der Waals surface area contributed by atoms with Gasteiger partial charge in [-0.3, -0.25) is 19.4 Å². The van der Waals surface area contributed by atoms with Gasteiger partial charge in [-0.05, 0) is 43.2 Å². The second-order valence-corrected chi connectivity index (χ2v) is 6.40. The maximum absolute atomic E-state index is 12.4. The molecule has 0 spiro atoms. The van der Waals surface area contributed by atoms with Gasteiger partial charge < -0.3 is 15.0 Å². The Balaban J connectivity index is 1.54. The molecule has 0 radical (unpaired) electrons. The fourth-order valence-corrected chi connectivity index (χ4v) is 3.03. The van der Waals surface area contributed by atoms with E-state index in [0.29, 0.717) is 42.8 Å². The van der Waals surface area contributed by atoms with Crippen LogP contribution in [0, 0.1) is 0 Å². The van der Waals surface area contributed by atoms with Crippen molar-refractivity contribution in [3.05, 3.63) is 59.9 Å². The molecule has 1 aliphatic rings. The number of likely N-dealkylation sites (tertiary alicyclic amines) is 1. The summed E-state index contributed by atoms with van der Waals surface area (Å²) in [6, 6.07) is 9.99. The molecule has 0 aliphatic carbocycles. The molecule has 27 heavy (non-hydrogen) atoms. The Morgan fingerprint density at radius 2 is 1.85 bits per heavy atom. The molecule has 2 aromatic rings. The first kappa shape index (κ1) is 18.6. The second-order valence-electron chi connectivity index (χ2n) is 6.40. The quantitative estimate of drug-likeness (QED) is 0.660. The number of hydrogen-bond donors (Lipinski definition) is 1. The lowest BCUT2D eigenvalue weighted by molar-refractivity contribution is -0.131. The summed E-state index contributed by atoms with van der Waals surface area (Å²) in [5.41, 5.74) is 1.00. The van der Waals surface area contributed by atoms with Crippen LogP contribution in [-0.2, 0) is 4.79 Å². The maximum Gasteiger partial charge on any atom is 0.308 e. The molecule has 7 heteroatoms. The first-order valence-electron chi connectivity index (χ1n) is 8.81. The van der Waals surface area contributed by atoms with Gasteiger partial charge in [0, 0.05) is 44.0 Å². The molecule has 1 saturated heterocycles. The average Bonchev–Trinajstić information content (AvgIpc) is 2.68.